The summed E-state index contributed by atoms with van der Waals surface area (Å²) in [6, 6.07) is 22.5. The van der Waals surface area contributed by atoms with E-state index in [4.69, 9.17) is 18.9 Å². The molecule has 0 aliphatic heterocycles. The van der Waals surface area contributed by atoms with E-state index >= 15 is 4.39 Å². The number of halogens is 1. The Morgan fingerprint density at radius 2 is 1.24 bits per heavy atom. The smallest absolute Gasteiger partial charge is 0.338 e. The predicted molar refractivity (Wildman–Crippen MR) is 170 cm³/mol. The van der Waals surface area contributed by atoms with Crippen LogP contribution in [0.3, 0.4) is 0 Å². The predicted octanol–water partition coefficient (Wildman–Crippen LogP) is 7.36. The molecule has 9 heteroatoms. The molecule has 46 heavy (non-hydrogen) atoms. The molecule has 0 fully saturated rings. The van der Waals surface area contributed by atoms with Crippen LogP contribution in [-0.4, -0.2) is 23.9 Å². The second kappa shape index (κ2) is 15.1. The van der Waals surface area contributed by atoms with Crippen LogP contribution in [0.25, 0.3) is 22.3 Å². The van der Waals surface area contributed by atoms with Crippen molar-refractivity contribution in [1.82, 2.24) is 0 Å². The van der Waals surface area contributed by atoms with Crippen LogP contribution < -0.4 is 18.9 Å². The highest BCUT2D eigenvalue weighted by atomic mass is 19.1. The Morgan fingerprint density at radius 3 is 1.83 bits per heavy atom. The largest absolute Gasteiger partial charge is 0.427 e. The summed E-state index contributed by atoms with van der Waals surface area (Å²) in [7, 11) is 0. The van der Waals surface area contributed by atoms with Gasteiger partial charge in [0.05, 0.1) is 0 Å². The number of hydrogen-bond donors (Lipinski definition) is 0. The number of carbonyl (C=O) groups is 4. The van der Waals surface area contributed by atoms with Gasteiger partial charge in [0.25, 0.3) is 0 Å². The molecule has 0 aliphatic carbocycles. The molecule has 0 spiro atoms. The fourth-order valence-corrected chi connectivity index (χ4v) is 4.14. The van der Waals surface area contributed by atoms with E-state index in [9.17, 15) is 19.2 Å². The fraction of sp³-hybridized carbons (Fsp3) is 0.0811. The van der Waals surface area contributed by atoms with Crippen molar-refractivity contribution in [1.29, 1.82) is 0 Å². The van der Waals surface area contributed by atoms with Gasteiger partial charge in [-0.2, -0.15) is 0 Å². The average Bonchev–Trinajstić information content (AvgIpc) is 3.05. The third-order valence-corrected chi connectivity index (χ3v) is 6.49. The molecular weight excluding hydrogens is 591 g/mol. The first-order valence-electron chi connectivity index (χ1n) is 14.0. The third kappa shape index (κ3) is 8.73. The normalized spacial score (nSPS) is 10.3. The van der Waals surface area contributed by atoms with Crippen LogP contribution in [0.5, 0.6) is 23.0 Å². The van der Waals surface area contributed by atoms with Gasteiger partial charge in [-0.15, -0.1) is 0 Å². The Kier molecular flexibility index (Phi) is 10.8. The van der Waals surface area contributed by atoms with Crippen molar-refractivity contribution in [3.63, 3.8) is 0 Å². The van der Waals surface area contributed by atoms with Gasteiger partial charge in [-0.3, -0.25) is 4.79 Å². The third-order valence-electron chi connectivity index (χ3n) is 6.49. The Hall–Kier alpha value is -6.09. The van der Waals surface area contributed by atoms with Crippen LogP contribution in [0.1, 0.15) is 18.9 Å². The van der Waals surface area contributed by atoms with Gasteiger partial charge in [0.2, 0.25) is 0 Å². The zero-order chi connectivity index (χ0) is 33.2. The van der Waals surface area contributed by atoms with Crippen LogP contribution in [0, 0.1) is 5.82 Å². The summed E-state index contributed by atoms with van der Waals surface area (Å²) in [5.41, 5.74) is 3.24. The standard InChI is InChI=1S/C37H29FO8/c1-5-34(39)45-32-19-7-24(21-33(32)46-35(40)6-2)8-20-36(41)43-28-16-11-26(12-17-28)30-18-13-27(22-31(30)38)25-9-14-29(15-10-25)44-37(42)23(3)4/h5-7,9-19,21-22H,1-3,8,20H2,4H3. The van der Waals surface area contributed by atoms with E-state index in [1.54, 1.807) is 73.7 Å². The van der Waals surface area contributed by atoms with Gasteiger partial charge in [-0.1, -0.05) is 62.2 Å². The highest BCUT2D eigenvalue weighted by Gasteiger charge is 2.15. The van der Waals surface area contributed by atoms with E-state index in [1.807, 2.05) is 0 Å². The lowest BCUT2D eigenvalue weighted by molar-refractivity contribution is -0.134. The molecular formula is C37H29FO8. The molecule has 232 valence electrons. The minimum atomic E-state index is -0.748. The molecule has 0 radical (unpaired) electrons. The lowest BCUT2D eigenvalue weighted by Crippen LogP contribution is -2.10. The molecule has 0 atom stereocenters. The van der Waals surface area contributed by atoms with Crippen LogP contribution >= 0.6 is 0 Å². The van der Waals surface area contributed by atoms with E-state index < -0.39 is 29.7 Å². The lowest BCUT2D eigenvalue weighted by Gasteiger charge is -2.11. The maximum atomic E-state index is 15.1. The SMILES string of the molecule is C=CC(=O)Oc1ccc(CCC(=O)Oc2ccc(-c3ccc(-c4ccc(OC(=O)C(=C)C)cc4)cc3F)cc2)cc1OC(=O)C=C. The van der Waals surface area contributed by atoms with E-state index in [2.05, 4.69) is 19.7 Å². The molecule has 8 nitrogen and oxygen atoms in total. The van der Waals surface area contributed by atoms with Gasteiger partial charge < -0.3 is 18.9 Å². The lowest BCUT2D eigenvalue weighted by atomic mass is 9.99. The van der Waals surface area contributed by atoms with Crippen LogP contribution in [0.2, 0.25) is 0 Å². The summed E-state index contributed by atoms with van der Waals surface area (Å²) in [6.07, 6.45) is 2.17. The van der Waals surface area contributed by atoms with Gasteiger partial charge in [0, 0.05) is 29.7 Å². The van der Waals surface area contributed by atoms with Gasteiger partial charge >= 0.3 is 23.9 Å². The van der Waals surface area contributed by atoms with Crippen LogP contribution in [0.15, 0.2) is 122 Å². The monoisotopic (exact) mass is 620 g/mol. The van der Waals surface area contributed by atoms with Crippen molar-refractivity contribution in [2.24, 2.45) is 0 Å². The fourth-order valence-electron chi connectivity index (χ4n) is 4.14. The summed E-state index contributed by atoms with van der Waals surface area (Å²) in [5, 5.41) is 0. The Morgan fingerprint density at radius 1 is 0.674 bits per heavy atom. The number of rotatable bonds is 12. The second-order valence-corrected chi connectivity index (χ2v) is 9.92. The minimum absolute atomic E-state index is 0.00418. The first-order chi connectivity index (χ1) is 22.1. The van der Waals surface area contributed by atoms with E-state index in [1.165, 1.54) is 18.2 Å². The Bertz CT molecular complexity index is 1820. The van der Waals surface area contributed by atoms with E-state index in [-0.39, 0.29) is 35.7 Å². The van der Waals surface area contributed by atoms with E-state index in [0.29, 0.717) is 28.0 Å². The van der Waals surface area contributed by atoms with Crippen molar-refractivity contribution in [3.05, 3.63) is 134 Å². The van der Waals surface area contributed by atoms with Crippen LogP contribution in [-0.2, 0) is 25.6 Å². The summed E-state index contributed by atoms with van der Waals surface area (Å²) in [6.45, 7) is 11.8. The molecule has 0 amide bonds. The number of carbonyl (C=O) groups excluding carboxylic acids is 4. The molecule has 0 bridgehead atoms. The molecule has 0 heterocycles. The van der Waals surface area contributed by atoms with E-state index in [0.717, 1.165) is 17.7 Å². The van der Waals surface area contributed by atoms with Gasteiger partial charge in [-0.25, -0.2) is 18.8 Å². The summed E-state index contributed by atoms with van der Waals surface area (Å²) < 4.78 is 36.0. The topological polar surface area (TPSA) is 105 Å². The quantitative estimate of drug-likeness (QED) is 0.0919. The highest BCUT2D eigenvalue weighted by Crippen LogP contribution is 2.31. The highest BCUT2D eigenvalue weighted by molar-refractivity contribution is 5.89. The molecule has 4 aromatic rings. The second-order valence-electron chi connectivity index (χ2n) is 9.92. The molecule has 0 saturated carbocycles. The molecule has 0 aromatic heterocycles. The molecule has 0 saturated heterocycles. The van der Waals surface area contributed by atoms with Crippen molar-refractivity contribution in [2.45, 2.75) is 19.8 Å². The minimum Gasteiger partial charge on any atom is -0.427 e. The summed E-state index contributed by atoms with van der Waals surface area (Å²) >= 11 is 0. The molecule has 0 N–H and O–H groups in total. The summed E-state index contributed by atoms with van der Waals surface area (Å²) in [5.74, 6) is -2.32. The van der Waals surface area contributed by atoms with Crippen molar-refractivity contribution in [3.8, 4) is 45.3 Å². The van der Waals surface area contributed by atoms with Gasteiger partial charge in [0.15, 0.2) is 11.5 Å². The number of benzene rings is 4. The molecule has 0 unspecified atom stereocenters. The number of hydrogen-bond acceptors (Lipinski definition) is 8. The summed E-state index contributed by atoms with van der Waals surface area (Å²) in [4.78, 5) is 47.6. The van der Waals surface area contributed by atoms with Crippen molar-refractivity contribution in [2.75, 3.05) is 0 Å². The number of aryl methyl sites for hydroxylation is 1. The van der Waals surface area contributed by atoms with Gasteiger partial charge in [0.1, 0.15) is 17.3 Å². The number of ether oxygens (including phenoxy) is 4. The zero-order valence-corrected chi connectivity index (χ0v) is 24.9. The maximum absolute atomic E-state index is 15.1. The Balaban J connectivity index is 1.37. The van der Waals surface area contributed by atoms with Gasteiger partial charge in [-0.05, 0) is 78.1 Å². The first kappa shape index (κ1) is 32.8. The first-order valence-corrected chi connectivity index (χ1v) is 14.0. The number of esters is 4. The molecule has 0 aliphatic rings. The molecule has 4 aromatic carbocycles. The van der Waals surface area contributed by atoms with Crippen molar-refractivity contribution >= 4 is 23.9 Å². The Labute approximate surface area is 265 Å². The maximum Gasteiger partial charge on any atom is 0.338 e. The molecule has 4 rings (SSSR count). The van der Waals surface area contributed by atoms with Crippen molar-refractivity contribution < 1.29 is 42.5 Å². The van der Waals surface area contributed by atoms with Crippen LogP contribution in [0.4, 0.5) is 4.39 Å². The average molecular weight is 621 g/mol. The zero-order valence-electron chi connectivity index (χ0n) is 24.9.